The fourth-order valence-electron chi connectivity index (χ4n) is 2.82. The number of aliphatic carboxylic acids is 1. The van der Waals surface area contributed by atoms with E-state index in [4.69, 9.17) is 5.11 Å². The third-order valence-electron chi connectivity index (χ3n) is 3.89. The molecule has 0 amide bonds. The molecule has 1 fully saturated rings. The summed E-state index contributed by atoms with van der Waals surface area (Å²) in [7, 11) is 0. The highest BCUT2D eigenvalue weighted by Gasteiger charge is 2.32. The van der Waals surface area contributed by atoms with Crippen molar-refractivity contribution in [3.63, 3.8) is 0 Å². The van der Waals surface area contributed by atoms with Gasteiger partial charge in [0.25, 0.3) is 5.56 Å². The number of hydrogen-bond donors (Lipinski definition) is 2. The first-order valence-corrected chi connectivity index (χ1v) is 7.15. The molecule has 0 bridgehead atoms. The summed E-state index contributed by atoms with van der Waals surface area (Å²) < 4.78 is 1.62. The van der Waals surface area contributed by atoms with Crippen LogP contribution >= 0.6 is 0 Å². The Bertz CT molecular complexity index is 527. The number of carbonyl (C=O) groups is 1. The van der Waals surface area contributed by atoms with Crippen LogP contribution in [0, 0.1) is 11.8 Å². The molecule has 2 N–H and O–H groups in total. The van der Waals surface area contributed by atoms with Crippen molar-refractivity contribution in [2.45, 2.75) is 39.2 Å². The molecule has 1 aromatic rings. The minimum absolute atomic E-state index is 0.0773. The van der Waals surface area contributed by atoms with Crippen molar-refractivity contribution in [1.29, 1.82) is 0 Å². The SMILES string of the molecule is CCCn1ccnc(NCC2CCCC2C(=O)O)c1=O. The molecular formula is C14H21N3O3. The molecule has 1 aromatic heterocycles. The summed E-state index contributed by atoms with van der Waals surface area (Å²) in [5, 5.41) is 12.2. The second-order valence-corrected chi connectivity index (χ2v) is 5.29. The minimum Gasteiger partial charge on any atom is -0.481 e. The van der Waals surface area contributed by atoms with E-state index in [-0.39, 0.29) is 17.4 Å². The summed E-state index contributed by atoms with van der Waals surface area (Å²) in [6.07, 6.45) is 6.71. The van der Waals surface area contributed by atoms with Gasteiger partial charge in [0.05, 0.1) is 5.92 Å². The van der Waals surface area contributed by atoms with Gasteiger partial charge >= 0.3 is 5.97 Å². The number of nitrogens with zero attached hydrogens (tertiary/aromatic N) is 2. The van der Waals surface area contributed by atoms with E-state index in [0.717, 1.165) is 25.7 Å². The Labute approximate surface area is 117 Å². The van der Waals surface area contributed by atoms with E-state index >= 15 is 0 Å². The molecule has 1 aliphatic rings. The first-order chi connectivity index (χ1) is 9.63. The predicted octanol–water partition coefficient (Wildman–Crippen LogP) is 1.57. The van der Waals surface area contributed by atoms with E-state index in [1.807, 2.05) is 6.92 Å². The zero-order valence-corrected chi connectivity index (χ0v) is 11.7. The second kappa shape index (κ2) is 6.54. The molecular weight excluding hydrogens is 258 g/mol. The highest BCUT2D eigenvalue weighted by Crippen LogP contribution is 2.31. The smallest absolute Gasteiger partial charge is 0.306 e. The van der Waals surface area contributed by atoms with Crippen LogP contribution in [0.25, 0.3) is 0 Å². The summed E-state index contributed by atoms with van der Waals surface area (Å²) in [6, 6.07) is 0. The molecule has 0 aliphatic heterocycles. The van der Waals surface area contributed by atoms with Gasteiger partial charge in [0.1, 0.15) is 0 Å². The number of carboxylic acids is 1. The van der Waals surface area contributed by atoms with Crippen molar-refractivity contribution in [1.82, 2.24) is 9.55 Å². The molecule has 1 saturated carbocycles. The number of hydrogen-bond acceptors (Lipinski definition) is 4. The first kappa shape index (κ1) is 14.6. The fraction of sp³-hybridized carbons (Fsp3) is 0.643. The quantitative estimate of drug-likeness (QED) is 0.825. The van der Waals surface area contributed by atoms with E-state index in [9.17, 15) is 9.59 Å². The van der Waals surface area contributed by atoms with E-state index in [1.165, 1.54) is 0 Å². The lowest BCUT2D eigenvalue weighted by Gasteiger charge is -2.16. The summed E-state index contributed by atoms with van der Waals surface area (Å²) in [5.41, 5.74) is -0.140. The molecule has 110 valence electrons. The van der Waals surface area contributed by atoms with E-state index in [2.05, 4.69) is 10.3 Å². The van der Waals surface area contributed by atoms with Gasteiger partial charge in [0, 0.05) is 25.5 Å². The van der Waals surface area contributed by atoms with Crippen molar-refractivity contribution in [2.24, 2.45) is 11.8 Å². The second-order valence-electron chi connectivity index (χ2n) is 5.29. The van der Waals surface area contributed by atoms with Crippen LogP contribution in [0.3, 0.4) is 0 Å². The largest absolute Gasteiger partial charge is 0.481 e. The zero-order valence-electron chi connectivity index (χ0n) is 11.7. The molecule has 6 heteroatoms. The Morgan fingerprint density at radius 1 is 1.55 bits per heavy atom. The van der Waals surface area contributed by atoms with Crippen LogP contribution in [0.2, 0.25) is 0 Å². The zero-order chi connectivity index (χ0) is 14.5. The van der Waals surface area contributed by atoms with Crippen molar-refractivity contribution >= 4 is 11.8 Å². The van der Waals surface area contributed by atoms with Gasteiger partial charge in [-0.25, -0.2) is 4.98 Å². The highest BCUT2D eigenvalue weighted by molar-refractivity contribution is 5.70. The van der Waals surface area contributed by atoms with Crippen LogP contribution in [-0.4, -0.2) is 27.2 Å². The van der Waals surface area contributed by atoms with E-state index < -0.39 is 5.97 Å². The predicted molar refractivity (Wildman–Crippen MR) is 75.7 cm³/mol. The molecule has 0 spiro atoms. The van der Waals surface area contributed by atoms with Crippen molar-refractivity contribution in [2.75, 3.05) is 11.9 Å². The Morgan fingerprint density at radius 3 is 3.05 bits per heavy atom. The normalized spacial score (nSPS) is 21.9. The van der Waals surface area contributed by atoms with Crippen LogP contribution in [0.15, 0.2) is 17.2 Å². The van der Waals surface area contributed by atoms with Gasteiger partial charge < -0.3 is 15.0 Å². The Kier molecular flexibility index (Phi) is 4.76. The topological polar surface area (TPSA) is 84.2 Å². The summed E-state index contributed by atoms with van der Waals surface area (Å²) in [6.45, 7) is 3.17. The van der Waals surface area contributed by atoms with Gasteiger partial charge in [-0.15, -0.1) is 0 Å². The molecule has 2 rings (SSSR count). The van der Waals surface area contributed by atoms with Crippen LogP contribution < -0.4 is 10.9 Å². The monoisotopic (exact) mass is 279 g/mol. The van der Waals surface area contributed by atoms with Crippen molar-refractivity contribution in [3.05, 3.63) is 22.7 Å². The molecule has 1 aliphatic carbocycles. The summed E-state index contributed by atoms with van der Waals surface area (Å²) in [5.74, 6) is -0.645. The van der Waals surface area contributed by atoms with Crippen LogP contribution in [0.1, 0.15) is 32.6 Å². The lowest BCUT2D eigenvalue weighted by molar-refractivity contribution is -0.142. The van der Waals surface area contributed by atoms with Gasteiger partial charge in [-0.2, -0.15) is 0 Å². The lowest BCUT2D eigenvalue weighted by atomic mass is 9.96. The highest BCUT2D eigenvalue weighted by atomic mass is 16.4. The van der Waals surface area contributed by atoms with Gasteiger partial charge in [0.2, 0.25) is 0 Å². The maximum atomic E-state index is 12.1. The third kappa shape index (κ3) is 3.18. The maximum Gasteiger partial charge on any atom is 0.306 e. The molecule has 0 saturated heterocycles. The van der Waals surface area contributed by atoms with E-state index in [0.29, 0.717) is 18.9 Å². The van der Waals surface area contributed by atoms with Gasteiger partial charge in [-0.1, -0.05) is 13.3 Å². The fourth-order valence-corrected chi connectivity index (χ4v) is 2.82. The van der Waals surface area contributed by atoms with Crippen LogP contribution in [0.4, 0.5) is 5.82 Å². The molecule has 1 heterocycles. The van der Waals surface area contributed by atoms with Gasteiger partial charge in [-0.05, 0) is 25.2 Å². The minimum atomic E-state index is -0.737. The average molecular weight is 279 g/mol. The van der Waals surface area contributed by atoms with E-state index in [1.54, 1.807) is 17.0 Å². The number of aryl methyl sites for hydroxylation is 1. The molecule has 0 radical (unpaired) electrons. The number of rotatable bonds is 6. The number of carboxylic acid groups (broad SMARTS) is 1. The van der Waals surface area contributed by atoms with Crippen molar-refractivity contribution < 1.29 is 9.90 Å². The summed E-state index contributed by atoms with van der Waals surface area (Å²) in [4.78, 5) is 27.3. The number of aromatic nitrogens is 2. The molecule has 2 unspecified atom stereocenters. The Morgan fingerprint density at radius 2 is 2.35 bits per heavy atom. The first-order valence-electron chi connectivity index (χ1n) is 7.15. The number of nitrogens with one attached hydrogen (secondary N) is 1. The standard InChI is InChI=1S/C14H21N3O3/c1-2-7-17-8-6-15-12(13(17)18)16-9-10-4-3-5-11(10)14(19)20/h6,8,10-11H,2-5,7,9H2,1H3,(H,15,16)(H,19,20). The lowest BCUT2D eigenvalue weighted by Crippen LogP contribution is -2.29. The molecule has 6 nitrogen and oxygen atoms in total. The molecule has 0 aromatic carbocycles. The molecule has 2 atom stereocenters. The number of anilines is 1. The molecule has 20 heavy (non-hydrogen) atoms. The van der Waals surface area contributed by atoms with Crippen LogP contribution in [-0.2, 0) is 11.3 Å². The maximum absolute atomic E-state index is 12.1. The Hall–Kier alpha value is -1.85. The van der Waals surface area contributed by atoms with Gasteiger partial charge in [0.15, 0.2) is 5.82 Å². The van der Waals surface area contributed by atoms with Crippen molar-refractivity contribution in [3.8, 4) is 0 Å². The Balaban J connectivity index is 2.02. The third-order valence-corrected chi connectivity index (χ3v) is 3.89. The summed E-state index contributed by atoms with van der Waals surface area (Å²) >= 11 is 0. The van der Waals surface area contributed by atoms with Crippen LogP contribution in [0.5, 0.6) is 0 Å². The average Bonchev–Trinajstić information content (AvgIpc) is 2.88. The van der Waals surface area contributed by atoms with Gasteiger partial charge in [-0.3, -0.25) is 9.59 Å².